The number of carbonyl (C=O) groups is 3. The zero-order chi connectivity index (χ0) is 18.4. The fraction of sp³-hybridized carbons (Fsp3) is 0.158. The van der Waals surface area contributed by atoms with E-state index in [2.05, 4.69) is 15.7 Å². The van der Waals surface area contributed by atoms with Gasteiger partial charge in [0.1, 0.15) is 0 Å². The van der Waals surface area contributed by atoms with E-state index >= 15 is 0 Å². The number of carbonyl (C=O) groups excluding carboxylic acids is 3. The van der Waals surface area contributed by atoms with E-state index in [9.17, 15) is 14.4 Å². The van der Waals surface area contributed by atoms with Crippen LogP contribution in [0.1, 0.15) is 51.0 Å². The molecular formula is C19H16N4O3. The molecule has 3 amide bonds. The molecule has 1 aromatic heterocycles. The maximum atomic E-state index is 12.5. The molecule has 0 atom stereocenters. The van der Waals surface area contributed by atoms with Gasteiger partial charge in [0, 0.05) is 28.9 Å². The second-order valence-corrected chi connectivity index (χ2v) is 6.47. The molecule has 4 rings (SSSR count). The predicted molar refractivity (Wildman–Crippen MR) is 96.3 cm³/mol. The first kappa shape index (κ1) is 16.0. The van der Waals surface area contributed by atoms with Crippen LogP contribution in [-0.4, -0.2) is 27.5 Å². The topological polar surface area (TPSA) is 93.1 Å². The van der Waals surface area contributed by atoms with Crippen LogP contribution in [-0.2, 0) is 0 Å². The van der Waals surface area contributed by atoms with Gasteiger partial charge >= 0.3 is 0 Å². The lowest BCUT2D eigenvalue weighted by Gasteiger charge is -2.06. The monoisotopic (exact) mass is 348 g/mol. The summed E-state index contributed by atoms with van der Waals surface area (Å²) in [6.07, 6.45) is 1.96. The number of fused-ring (bicyclic) bond motifs is 2. The third-order valence-electron chi connectivity index (χ3n) is 4.31. The minimum atomic E-state index is -0.486. The summed E-state index contributed by atoms with van der Waals surface area (Å²) in [5, 5.41) is 10.5. The first-order valence-electron chi connectivity index (χ1n) is 8.22. The minimum Gasteiger partial charge on any atom is -0.322 e. The fourth-order valence-electron chi connectivity index (χ4n) is 2.89. The maximum Gasteiger partial charge on any atom is 0.258 e. The van der Waals surface area contributed by atoms with E-state index in [1.165, 1.54) is 18.2 Å². The molecule has 7 nitrogen and oxygen atoms in total. The Morgan fingerprint density at radius 1 is 1.08 bits per heavy atom. The molecule has 0 unspecified atom stereocenters. The summed E-state index contributed by atoms with van der Waals surface area (Å²) >= 11 is 0. The molecule has 2 heterocycles. The molecule has 0 saturated heterocycles. The lowest BCUT2D eigenvalue weighted by Crippen LogP contribution is -2.19. The quantitative estimate of drug-likeness (QED) is 0.712. The van der Waals surface area contributed by atoms with Gasteiger partial charge in [0.05, 0.1) is 16.6 Å². The highest BCUT2D eigenvalue weighted by Crippen LogP contribution is 2.21. The summed E-state index contributed by atoms with van der Waals surface area (Å²) in [5.74, 6) is -1.29. The molecule has 0 saturated carbocycles. The van der Waals surface area contributed by atoms with Crippen molar-refractivity contribution in [1.82, 2.24) is 15.1 Å². The summed E-state index contributed by atoms with van der Waals surface area (Å²) in [4.78, 5) is 35.8. The van der Waals surface area contributed by atoms with E-state index in [0.29, 0.717) is 11.3 Å². The molecule has 0 fully saturated rings. The van der Waals surface area contributed by atoms with Crippen LogP contribution < -0.4 is 10.6 Å². The van der Waals surface area contributed by atoms with Gasteiger partial charge in [-0.2, -0.15) is 5.10 Å². The van der Waals surface area contributed by atoms with Crippen molar-refractivity contribution in [3.8, 4) is 0 Å². The minimum absolute atomic E-state index is 0.216. The summed E-state index contributed by atoms with van der Waals surface area (Å²) in [6.45, 7) is 4.09. The van der Waals surface area contributed by atoms with E-state index in [0.717, 1.165) is 10.9 Å². The number of nitrogens with one attached hydrogen (secondary N) is 2. The van der Waals surface area contributed by atoms with E-state index in [1.807, 2.05) is 30.8 Å². The summed E-state index contributed by atoms with van der Waals surface area (Å²) < 4.78 is 1.87. The molecule has 2 N–H and O–H groups in total. The first-order valence-corrected chi connectivity index (χ1v) is 8.22. The Kier molecular flexibility index (Phi) is 3.57. The molecule has 0 radical (unpaired) electrons. The first-order chi connectivity index (χ1) is 12.4. The van der Waals surface area contributed by atoms with Gasteiger partial charge in [0.15, 0.2) is 0 Å². The van der Waals surface area contributed by atoms with Gasteiger partial charge in [-0.05, 0) is 50.2 Å². The molecule has 3 aromatic rings. The molecule has 1 aliphatic rings. The number of amides is 3. The third kappa shape index (κ3) is 2.63. The van der Waals surface area contributed by atoms with Crippen LogP contribution in [0.2, 0.25) is 0 Å². The number of nitrogens with zero attached hydrogens (tertiary/aromatic N) is 2. The Morgan fingerprint density at radius 2 is 1.85 bits per heavy atom. The predicted octanol–water partition coefficient (Wildman–Crippen LogP) is 2.75. The van der Waals surface area contributed by atoms with Gasteiger partial charge in [0.2, 0.25) is 0 Å². The number of hydrogen-bond acceptors (Lipinski definition) is 4. The maximum absolute atomic E-state index is 12.5. The van der Waals surface area contributed by atoms with Crippen molar-refractivity contribution in [2.75, 3.05) is 5.32 Å². The summed E-state index contributed by atoms with van der Waals surface area (Å²) in [5.41, 5.74) is 2.20. The van der Waals surface area contributed by atoms with Gasteiger partial charge < -0.3 is 5.32 Å². The van der Waals surface area contributed by atoms with Crippen LogP contribution in [0.4, 0.5) is 5.69 Å². The van der Waals surface area contributed by atoms with E-state index in [1.54, 1.807) is 12.1 Å². The van der Waals surface area contributed by atoms with Crippen LogP contribution in [0.25, 0.3) is 10.9 Å². The number of anilines is 1. The zero-order valence-electron chi connectivity index (χ0n) is 14.2. The van der Waals surface area contributed by atoms with Crippen molar-refractivity contribution >= 4 is 34.3 Å². The van der Waals surface area contributed by atoms with Gasteiger partial charge in [-0.3, -0.25) is 24.4 Å². The van der Waals surface area contributed by atoms with Gasteiger partial charge in [-0.15, -0.1) is 0 Å². The Hall–Kier alpha value is -3.48. The van der Waals surface area contributed by atoms with Gasteiger partial charge in [-0.25, -0.2) is 0 Å². The van der Waals surface area contributed by atoms with Crippen molar-refractivity contribution in [3.63, 3.8) is 0 Å². The lowest BCUT2D eigenvalue weighted by atomic mass is 10.1. The highest BCUT2D eigenvalue weighted by molar-refractivity contribution is 6.22. The summed E-state index contributed by atoms with van der Waals surface area (Å²) in [7, 11) is 0. The van der Waals surface area contributed by atoms with Gasteiger partial charge in [0.25, 0.3) is 17.7 Å². The Balaban J connectivity index is 1.60. The van der Waals surface area contributed by atoms with Crippen LogP contribution >= 0.6 is 0 Å². The molecule has 0 aliphatic carbocycles. The number of rotatable bonds is 3. The van der Waals surface area contributed by atoms with Crippen LogP contribution in [0.5, 0.6) is 0 Å². The molecular weight excluding hydrogens is 332 g/mol. The number of hydrogen-bond donors (Lipinski definition) is 2. The Morgan fingerprint density at radius 3 is 2.62 bits per heavy atom. The standard InChI is InChI=1S/C19H16N4O3/c1-10(2)23-9-12-3-5-13(8-16(12)22-23)20-17(24)11-4-6-14-15(7-11)19(26)21-18(14)25/h3-10H,1-2H3,(H,20,24)(H,21,25,26). The Labute approximate surface area is 149 Å². The smallest absolute Gasteiger partial charge is 0.258 e. The van der Waals surface area contributed by atoms with Crippen molar-refractivity contribution in [1.29, 1.82) is 0 Å². The molecule has 0 spiro atoms. The van der Waals surface area contributed by atoms with Crippen LogP contribution in [0.3, 0.4) is 0 Å². The molecule has 130 valence electrons. The zero-order valence-corrected chi connectivity index (χ0v) is 14.2. The fourth-order valence-corrected chi connectivity index (χ4v) is 2.89. The molecule has 0 bridgehead atoms. The second kappa shape index (κ2) is 5.80. The number of imide groups is 1. The number of benzene rings is 2. The lowest BCUT2D eigenvalue weighted by molar-refractivity contribution is 0.0879. The van der Waals surface area contributed by atoms with Crippen molar-refractivity contribution < 1.29 is 14.4 Å². The van der Waals surface area contributed by atoms with Crippen molar-refractivity contribution in [2.45, 2.75) is 19.9 Å². The molecule has 26 heavy (non-hydrogen) atoms. The second-order valence-electron chi connectivity index (χ2n) is 6.47. The number of aromatic nitrogens is 2. The van der Waals surface area contributed by atoms with Gasteiger partial charge in [-0.1, -0.05) is 0 Å². The van der Waals surface area contributed by atoms with E-state index < -0.39 is 11.8 Å². The van der Waals surface area contributed by atoms with Crippen molar-refractivity contribution in [3.05, 3.63) is 59.3 Å². The SMILES string of the molecule is CC(C)n1cc2ccc(NC(=O)c3ccc4c(c3)C(=O)NC4=O)cc2n1. The van der Waals surface area contributed by atoms with E-state index in [4.69, 9.17) is 0 Å². The molecule has 1 aliphatic heterocycles. The van der Waals surface area contributed by atoms with Crippen LogP contribution in [0.15, 0.2) is 42.6 Å². The molecule has 7 heteroatoms. The summed E-state index contributed by atoms with van der Waals surface area (Å²) in [6, 6.07) is 10.2. The average Bonchev–Trinajstić information content (AvgIpc) is 3.16. The van der Waals surface area contributed by atoms with Crippen LogP contribution in [0, 0.1) is 0 Å². The average molecular weight is 348 g/mol. The highest BCUT2D eigenvalue weighted by atomic mass is 16.2. The van der Waals surface area contributed by atoms with E-state index in [-0.39, 0.29) is 23.1 Å². The highest BCUT2D eigenvalue weighted by Gasteiger charge is 2.27. The largest absolute Gasteiger partial charge is 0.322 e. The third-order valence-corrected chi connectivity index (χ3v) is 4.31. The molecule has 2 aromatic carbocycles. The normalized spacial score (nSPS) is 13.2. The Bertz CT molecular complexity index is 1080. The van der Waals surface area contributed by atoms with Crippen molar-refractivity contribution in [2.24, 2.45) is 0 Å².